The molecule has 0 radical (unpaired) electrons. The van der Waals surface area contributed by atoms with Crippen molar-refractivity contribution in [3.05, 3.63) is 188 Å². The van der Waals surface area contributed by atoms with E-state index in [0.29, 0.717) is 11.8 Å². The highest BCUT2D eigenvalue weighted by molar-refractivity contribution is 14.1. The number of allylic oxidation sites excluding steroid dienone is 4. The molecule has 4 aliphatic carbocycles. The van der Waals surface area contributed by atoms with Crippen LogP contribution in [0.2, 0.25) is 0 Å². The third-order valence-electron chi connectivity index (χ3n) is 9.90. The Morgan fingerprint density at radius 1 is 0.487 bits per heavy atom. The Morgan fingerprint density at radius 2 is 1.05 bits per heavy atom. The summed E-state index contributed by atoms with van der Waals surface area (Å²) in [5, 5.41) is 0. The summed E-state index contributed by atoms with van der Waals surface area (Å²) < 4.78 is 1.33. The van der Waals surface area contributed by atoms with Gasteiger partial charge in [0.1, 0.15) is 0 Å². The van der Waals surface area contributed by atoms with Crippen LogP contribution in [0.3, 0.4) is 0 Å². The fraction of sp³-hybridized carbons (Fsp3) is 0.105. The largest absolute Gasteiger partial charge is 0.0789 e. The minimum absolute atomic E-state index is 0.257. The zero-order chi connectivity index (χ0) is 25.8. The molecule has 5 aromatic rings. The highest BCUT2D eigenvalue weighted by Crippen LogP contribution is 2.69. The van der Waals surface area contributed by atoms with E-state index in [1.807, 2.05) is 0 Å². The van der Waals surface area contributed by atoms with Gasteiger partial charge in [0.05, 0.1) is 10.8 Å². The molecule has 4 aliphatic rings. The molecule has 39 heavy (non-hydrogen) atoms. The van der Waals surface area contributed by atoms with E-state index in [1.165, 1.54) is 59.2 Å². The zero-order valence-electron chi connectivity index (χ0n) is 21.3. The van der Waals surface area contributed by atoms with Gasteiger partial charge in [-0.15, -0.1) is 0 Å². The van der Waals surface area contributed by atoms with E-state index in [9.17, 15) is 0 Å². The predicted molar refractivity (Wildman–Crippen MR) is 167 cm³/mol. The number of benzene rings is 5. The molecule has 0 saturated carbocycles. The Hall–Kier alpha value is -3.69. The minimum Gasteiger partial charge on any atom is -0.0789 e. The molecule has 0 fully saturated rings. The van der Waals surface area contributed by atoms with E-state index < -0.39 is 0 Å². The van der Waals surface area contributed by atoms with Gasteiger partial charge >= 0.3 is 0 Å². The monoisotopic (exact) mass is 608 g/mol. The van der Waals surface area contributed by atoms with Crippen LogP contribution in [0.25, 0.3) is 11.1 Å². The molecule has 0 saturated heterocycles. The van der Waals surface area contributed by atoms with Crippen molar-refractivity contribution in [2.45, 2.75) is 16.7 Å². The van der Waals surface area contributed by atoms with Crippen molar-refractivity contribution in [3.8, 4) is 11.1 Å². The molecule has 9 rings (SSSR count). The average molecular weight is 609 g/mol. The summed E-state index contributed by atoms with van der Waals surface area (Å²) in [4.78, 5) is 0. The van der Waals surface area contributed by atoms with Gasteiger partial charge in [0.25, 0.3) is 0 Å². The fourth-order valence-corrected chi connectivity index (χ4v) is 9.66. The van der Waals surface area contributed by atoms with E-state index in [4.69, 9.17) is 0 Å². The Morgan fingerprint density at radius 3 is 1.79 bits per heavy atom. The van der Waals surface area contributed by atoms with Crippen molar-refractivity contribution < 1.29 is 0 Å². The maximum Gasteiger partial charge on any atom is 0.0730 e. The second-order valence-electron chi connectivity index (χ2n) is 11.3. The van der Waals surface area contributed by atoms with Gasteiger partial charge in [0, 0.05) is 15.4 Å². The molecule has 0 heterocycles. The molecule has 0 N–H and O–H groups in total. The normalized spacial score (nSPS) is 23.6. The molecule has 0 bridgehead atoms. The number of hydrogen-bond donors (Lipinski definition) is 0. The molecule has 1 heteroatoms. The first-order valence-electron chi connectivity index (χ1n) is 13.8. The van der Waals surface area contributed by atoms with Gasteiger partial charge in [-0.25, -0.2) is 0 Å². The first-order valence-corrected chi connectivity index (χ1v) is 14.9. The molecule has 0 aliphatic heterocycles. The third-order valence-corrected chi connectivity index (χ3v) is 10.8. The second-order valence-corrected chi connectivity index (χ2v) is 12.4. The van der Waals surface area contributed by atoms with Gasteiger partial charge in [-0.3, -0.25) is 0 Å². The molecular formula is C38H25I. The summed E-state index contributed by atoms with van der Waals surface area (Å²) in [5.74, 6) is 0.685. The number of halogens is 1. The van der Waals surface area contributed by atoms with Crippen LogP contribution in [0.5, 0.6) is 0 Å². The van der Waals surface area contributed by atoms with E-state index in [0.717, 1.165) is 0 Å². The van der Waals surface area contributed by atoms with Crippen LogP contribution in [0, 0.1) is 9.49 Å². The molecule has 0 nitrogen and oxygen atoms in total. The van der Waals surface area contributed by atoms with Gasteiger partial charge in [-0.05, 0) is 84.3 Å². The van der Waals surface area contributed by atoms with E-state index in [1.54, 1.807) is 0 Å². The summed E-state index contributed by atoms with van der Waals surface area (Å²) in [6, 6.07) is 43.9. The standard InChI is InChI=1S/C38H25I/c39-35-23-11-22-34-36(35)38(30-18-7-3-14-26(30)27-15-4-8-19-31(27)38)33-21-10-9-20-32(33)37(34)28-16-5-1-12-24(28)25-13-2-6-17-29(25)37/h1-24,28H/t24-,28?,37?/m1/s1. The molecule has 5 aromatic carbocycles. The van der Waals surface area contributed by atoms with Gasteiger partial charge < -0.3 is 0 Å². The second kappa shape index (κ2) is 7.70. The van der Waals surface area contributed by atoms with Crippen molar-refractivity contribution in [2.24, 2.45) is 5.92 Å². The minimum atomic E-state index is -0.358. The maximum atomic E-state index is 2.62. The highest BCUT2D eigenvalue weighted by Gasteiger charge is 2.62. The number of rotatable bonds is 0. The molecular weight excluding hydrogens is 583 g/mol. The smallest absolute Gasteiger partial charge is 0.0730 e. The maximum absolute atomic E-state index is 2.62. The molecule has 2 spiro atoms. The van der Waals surface area contributed by atoms with Gasteiger partial charge in [0.15, 0.2) is 0 Å². The average Bonchev–Trinajstić information content (AvgIpc) is 3.46. The highest BCUT2D eigenvalue weighted by atomic mass is 127. The molecule has 0 aromatic heterocycles. The van der Waals surface area contributed by atoms with Crippen molar-refractivity contribution in [1.82, 2.24) is 0 Å². The lowest BCUT2D eigenvalue weighted by Crippen LogP contribution is -2.46. The van der Waals surface area contributed by atoms with Gasteiger partial charge in [-0.2, -0.15) is 0 Å². The van der Waals surface area contributed by atoms with Crippen LogP contribution < -0.4 is 0 Å². The first-order chi connectivity index (χ1) is 19.3. The number of fused-ring (bicyclic) bond motifs is 16. The van der Waals surface area contributed by atoms with Crippen LogP contribution in [0.4, 0.5) is 0 Å². The molecule has 184 valence electrons. The van der Waals surface area contributed by atoms with Crippen molar-refractivity contribution in [1.29, 1.82) is 0 Å². The lowest BCUT2D eigenvalue weighted by atomic mass is 9.51. The van der Waals surface area contributed by atoms with Gasteiger partial charge in [-0.1, -0.05) is 133 Å². The zero-order valence-corrected chi connectivity index (χ0v) is 23.5. The SMILES string of the molecule is Ic1cccc2c1C1(c3ccccc3-c3ccccc31)c1ccccc1C21c2ccccc2[C@H]2C=CC=CC21. The van der Waals surface area contributed by atoms with Crippen LogP contribution >= 0.6 is 22.6 Å². The van der Waals surface area contributed by atoms with E-state index in [-0.39, 0.29) is 10.8 Å². The lowest BCUT2D eigenvalue weighted by molar-refractivity contribution is 0.431. The topological polar surface area (TPSA) is 0 Å². The lowest BCUT2D eigenvalue weighted by Gasteiger charge is -2.51. The quantitative estimate of drug-likeness (QED) is 0.151. The third kappa shape index (κ3) is 2.43. The van der Waals surface area contributed by atoms with Crippen LogP contribution in [-0.4, -0.2) is 0 Å². The summed E-state index contributed by atoms with van der Waals surface area (Å²) in [5.41, 5.74) is 13.6. The first kappa shape index (κ1) is 22.2. The predicted octanol–water partition coefficient (Wildman–Crippen LogP) is 9.14. The van der Waals surface area contributed by atoms with Crippen molar-refractivity contribution in [3.63, 3.8) is 0 Å². The Labute approximate surface area is 242 Å². The Kier molecular flexibility index (Phi) is 4.38. The van der Waals surface area contributed by atoms with Crippen LogP contribution in [-0.2, 0) is 10.8 Å². The number of hydrogen-bond acceptors (Lipinski definition) is 0. The van der Waals surface area contributed by atoms with Gasteiger partial charge in [0.2, 0.25) is 0 Å². The molecule has 3 atom stereocenters. The fourth-order valence-electron chi connectivity index (χ4n) is 8.76. The van der Waals surface area contributed by atoms with Crippen LogP contribution in [0.1, 0.15) is 50.4 Å². The Bertz CT molecular complexity index is 1860. The van der Waals surface area contributed by atoms with Crippen molar-refractivity contribution >= 4 is 22.6 Å². The van der Waals surface area contributed by atoms with E-state index >= 15 is 0 Å². The van der Waals surface area contributed by atoms with Crippen molar-refractivity contribution in [2.75, 3.05) is 0 Å². The Balaban J connectivity index is 1.53. The summed E-state index contributed by atoms with van der Waals surface area (Å²) >= 11 is 2.62. The molecule has 2 unspecified atom stereocenters. The summed E-state index contributed by atoms with van der Waals surface area (Å²) in [6.45, 7) is 0. The van der Waals surface area contributed by atoms with Crippen LogP contribution in [0.15, 0.2) is 140 Å². The summed E-state index contributed by atoms with van der Waals surface area (Å²) in [6.07, 6.45) is 9.43. The van der Waals surface area contributed by atoms with E-state index in [2.05, 4.69) is 162 Å². The molecule has 0 amide bonds. The summed E-state index contributed by atoms with van der Waals surface area (Å²) in [7, 11) is 0.